The minimum absolute atomic E-state index is 0.171. The summed E-state index contributed by atoms with van der Waals surface area (Å²) in [5.41, 5.74) is 0.453. The number of hydrogen-bond donors (Lipinski definition) is 0. The first-order valence-electron chi connectivity index (χ1n) is 12.0. The number of anilines is 1. The van der Waals surface area contributed by atoms with Crippen molar-refractivity contribution in [3.63, 3.8) is 0 Å². The van der Waals surface area contributed by atoms with Crippen LogP contribution in [0.15, 0.2) is 12.1 Å². The molecule has 1 aromatic carbocycles. The number of ether oxygens (including phenoxy) is 2. The quantitative estimate of drug-likeness (QED) is 0.214. The zero-order valence-corrected chi connectivity index (χ0v) is 20.3. The normalized spacial score (nSPS) is 13.8. The number of nitro groups is 1. The fourth-order valence-electron chi connectivity index (χ4n) is 3.85. The highest BCUT2D eigenvalue weighted by Gasteiger charge is 2.31. The molecule has 0 fully saturated rings. The van der Waals surface area contributed by atoms with Gasteiger partial charge in [0.05, 0.1) is 22.2 Å². The smallest absolute Gasteiger partial charge is 0.410 e. The van der Waals surface area contributed by atoms with Crippen molar-refractivity contribution < 1.29 is 24.0 Å². The Bertz CT molecular complexity index is 817. The van der Waals surface area contributed by atoms with Gasteiger partial charge in [-0.15, -0.1) is 0 Å². The van der Waals surface area contributed by atoms with Gasteiger partial charge in [-0.1, -0.05) is 52.4 Å². The highest BCUT2D eigenvalue weighted by atomic mass is 16.6. The van der Waals surface area contributed by atoms with Gasteiger partial charge in [-0.05, 0) is 25.8 Å². The van der Waals surface area contributed by atoms with Crippen LogP contribution < -0.4 is 9.64 Å². The molecule has 0 saturated carbocycles. The first-order valence-corrected chi connectivity index (χ1v) is 12.0. The van der Waals surface area contributed by atoms with Gasteiger partial charge in [-0.25, -0.2) is 4.79 Å². The third kappa shape index (κ3) is 7.33. The number of carbonyl (C=O) groups excluding carboxylic acids is 2. The number of nitro benzene ring substituents is 1. The average molecular weight is 464 g/mol. The lowest BCUT2D eigenvalue weighted by Crippen LogP contribution is -2.36. The molecule has 1 aliphatic rings. The summed E-state index contributed by atoms with van der Waals surface area (Å²) in [6.45, 7) is 6.93. The van der Waals surface area contributed by atoms with Crippen LogP contribution in [0, 0.1) is 10.1 Å². The fraction of sp³-hybridized carbons (Fsp3) is 0.667. The molecule has 1 unspecified atom stereocenters. The first kappa shape index (κ1) is 26.4. The van der Waals surface area contributed by atoms with Gasteiger partial charge in [0.25, 0.3) is 11.6 Å². The molecule has 33 heavy (non-hydrogen) atoms. The second kappa shape index (κ2) is 13.0. The predicted molar refractivity (Wildman–Crippen MR) is 127 cm³/mol. The molecule has 1 heterocycles. The highest BCUT2D eigenvalue weighted by molar-refractivity contribution is 5.97. The minimum Gasteiger partial charge on any atom is -0.481 e. The number of benzene rings is 1. The molecule has 0 saturated heterocycles. The van der Waals surface area contributed by atoms with Crippen LogP contribution in [-0.4, -0.2) is 48.6 Å². The maximum Gasteiger partial charge on any atom is 0.410 e. The molecule has 184 valence electrons. The number of rotatable bonds is 13. The van der Waals surface area contributed by atoms with Gasteiger partial charge in [0.1, 0.15) is 6.10 Å². The number of carbonyl (C=O) groups is 2. The molecule has 1 aromatic rings. The number of nitrogens with zero attached hydrogens (tertiary/aromatic N) is 3. The molecule has 0 aromatic heterocycles. The van der Waals surface area contributed by atoms with E-state index < -0.39 is 17.1 Å². The fourth-order valence-corrected chi connectivity index (χ4v) is 3.85. The van der Waals surface area contributed by atoms with Crippen LogP contribution in [0.4, 0.5) is 16.2 Å². The molecular weight excluding hydrogens is 426 g/mol. The Labute approximate surface area is 196 Å². The molecule has 0 N–H and O–H groups in total. The molecule has 0 spiro atoms. The standard InChI is InChI=1S/C24H37N3O6/c1-5-7-9-11-13-26(14-12-10-8-6-2)24(29)33-18(3)19-15-21-22(16-20(19)27(30)31)32-17-23(28)25(21)4/h15-16,18H,5-14,17H2,1-4H3. The Balaban J connectivity index is 2.18. The van der Waals surface area contributed by atoms with E-state index in [0.717, 1.165) is 51.4 Å². The molecule has 0 bridgehead atoms. The first-order chi connectivity index (χ1) is 15.8. The Morgan fingerprint density at radius 1 is 1.15 bits per heavy atom. The van der Waals surface area contributed by atoms with E-state index in [1.807, 2.05) is 0 Å². The van der Waals surface area contributed by atoms with Crippen LogP contribution in [0.1, 0.15) is 83.8 Å². The van der Waals surface area contributed by atoms with Crippen molar-refractivity contribution in [2.24, 2.45) is 0 Å². The summed E-state index contributed by atoms with van der Waals surface area (Å²) < 4.78 is 11.1. The van der Waals surface area contributed by atoms with Crippen molar-refractivity contribution in [2.45, 2.75) is 78.2 Å². The number of unbranched alkanes of at least 4 members (excludes halogenated alkanes) is 6. The van der Waals surface area contributed by atoms with Crippen molar-refractivity contribution in [1.29, 1.82) is 0 Å². The molecule has 1 aliphatic heterocycles. The predicted octanol–water partition coefficient (Wildman–Crippen LogP) is 5.61. The van der Waals surface area contributed by atoms with E-state index >= 15 is 0 Å². The van der Waals surface area contributed by atoms with Crippen molar-refractivity contribution in [2.75, 3.05) is 31.6 Å². The topological polar surface area (TPSA) is 102 Å². The van der Waals surface area contributed by atoms with Gasteiger partial charge in [0.15, 0.2) is 12.4 Å². The van der Waals surface area contributed by atoms with Gasteiger partial charge < -0.3 is 19.3 Å². The van der Waals surface area contributed by atoms with Crippen LogP contribution >= 0.6 is 0 Å². The Morgan fingerprint density at radius 3 is 2.30 bits per heavy atom. The van der Waals surface area contributed by atoms with Crippen molar-refractivity contribution >= 4 is 23.4 Å². The lowest BCUT2D eigenvalue weighted by molar-refractivity contribution is -0.386. The Morgan fingerprint density at radius 2 is 1.76 bits per heavy atom. The summed E-state index contributed by atoms with van der Waals surface area (Å²) in [5.74, 6) is 0.0110. The highest BCUT2D eigenvalue weighted by Crippen LogP contribution is 2.40. The van der Waals surface area contributed by atoms with Crippen molar-refractivity contribution in [3.05, 3.63) is 27.8 Å². The lowest BCUT2D eigenvalue weighted by Gasteiger charge is -2.28. The third-order valence-corrected chi connectivity index (χ3v) is 5.93. The molecule has 9 nitrogen and oxygen atoms in total. The average Bonchev–Trinajstić information content (AvgIpc) is 2.79. The third-order valence-electron chi connectivity index (χ3n) is 5.93. The minimum atomic E-state index is -0.859. The molecule has 9 heteroatoms. The summed E-state index contributed by atoms with van der Waals surface area (Å²) in [5, 5.41) is 11.7. The number of amides is 2. The summed E-state index contributed by atoms with van der Waals surface area (Å²) in [6.07, 6.45) is 7.01. The zero-order chi connectivity index (χ0) is 24.4. The summed E-state index contributed by atoms with van der Waals surface area (Å²) in [7, 11) is 1.59. The SMILES string of the molecule is CCCCCCN(CCCCCC)C(=O)OC(C)c1cc2c(cc1[N+](=O)[O-])OCC(=O)N2C. The van der Waals surface area contributed by atoms with Gasteiger partial charge in [0.2, 0.25) is 0 Å². The molecule has 0 radical (unpaired) electrons. The molecular formula is C24H37N3O6. The second-order valence-corrected chi connectivity index (χ2v) is 8.51. The number of likely N-dealkylation sites (N-methyl/N-ethyl adjacent to an activating group) is 1. The van der Waals surface area contributed by atoms with E-state index in [4.69, 9.17) is 9.47 Å². The van der Waals surface area contributed by atoms with Gasteiger partial charge in [-0.2, -0.15) is 0 Å². The molecule has 0 aliphatic carbocycles. The van der Waals surface area contributed by atoms with E-state index in [0.29, 0.717) is 18.8 Å². The van der Waals surface area contributed by atoms with Gasteiger partial charge in [-0.3, -0.25) is 14.9 Å². The Kier molecular flexibility index (Phi) is 10.4. The van der Waals surface area contributed by atoms with Gasteiger partial charge in [0, 0.05) is 20.1 Å². The van der Waals surface area contributed by atoms with E-state index in [2.05, 4.69) is 13.8 Å². The van der Waals surface area contributed by atoms with E-state index in [-0.39, 0.29) is 29.5 Å². The van der Waals surface area contributed by atoms with Crippen LogP contribution in [0.2, 0.25) is 0 Å². The van der Waals surface area contributed by atoms with Crippen molar-refractivity contribution in [1.82, 2.24) is 4.90 Å². The van der Waals surface area contributed by atoms with E-state index in [9.17, 15) is 19.7 Å². The van der Waals surface area contributed by atoms with E-state index in [1.165, 1.54) is 17.0 Å². The van der Waals surface area contributed by atoms with Crippen LogP contribution in [0.25, 0.3) is 0 Å². The van der Waals surface area contributed by atoms with Crippen LogP contribution in [0.3, 0.4) is 0 Å². The van der Waals surface area contributed by atoms with Crippen LogP contribution in [0.5, 0.6) is 5.75 Å². The summed E-state index contributed by atoms with van der Waals surface area (Å²) in [6, 6.07) is 2.81. The maximum absolute atomic E-state index is 13.0. The Hall–Kier alpha value is -2.84. The summed E-state index contributed by atoms with van der Waals surface area (Å²) >= 11 is 0. The molecule has 1 atom stereocenters. The molecule has 2 amide bonds. The number of fused-ring (bicyclic) bond motifs is 1. The number of hydrogen-bond acceptors (Lipinski definition) is 6. The molecule has 2 rings (SSSR count). The largest absolute Gasteiger partial charge is 0.481 e. The van der Waals surface area contributed by atoms with Gasteiger partial charge >= 0.3 is 6.09 Å². The maximum atomic E-state index is 13.0. The lowest BCUT2D eigenvalue weighted by atomic mass is 10.1. The van der Waals surface area contributed by atoms with E-state index in [1.54, 1.807) is 18.9 Å². The second-order valence-electron chi connectivity index (χ2n) is 8.51. The monoisotopic (exact) mass is 463 g/mol. The van der Waals surface area contributed by atoms with Crippen molar-refractivity contribution in [3.8, 4) is 5.75 Å². The summed E-state index contributed by atoms with van der Waals surface area (Å²) in [4.78, 5) is 39.3. The van der Waals surface area contributed by atoms with Crippen LogP contribution in [-0.2, 0) is 9.53 Å². The zero-order valence-electron chi connectivity index (χ0n) is 20.3.